The van der Waals surface area contributed by atoms with Crippen LogP contribution in [0.2, 0.25) is 5.02 Å². The summed E-state index contributed by atoms with van der Waals surface area (Å²) in [6, 6.07) is 1.04. The second-order valence-electron chi connectivity index (χ2n) is 6.64. The van der Waals surface area contributed by atoms with Gasteiger partial charge in [-0.25, -0.2) is 19.0 Å². The van der Waals surface area contributed by atoms with Crippen LogP contribution in [0.4, 0.5) is 32.2 Å². The number of nitrogens with zero attached hydrogens (tertiary/aromatic N) is 4. The maximum atomic E-state index is 14.4. The van der Waals surface area contributed by atoms with Gasteiger partial charge in [-0.1, -0.05) is 11.6 Å². The van der Waals surface area contributed by atoms with E-state index >= 15 is 0 Å². The molecule has 168 valence electrons. The maximum Gasteiger partial charge on any atom is 0.425 e. The number of rotatable bonds is 4. The zero-order chi connectivity index (χ0) is 23.1. The third-order valence-corrected chi connectivity index (χ3v) is 4.54. The van der Waals surface area contributed by atoms with Gasteiger partial charge in [0, 0.05) is 6.42 Å². The number of amides is 1. The molecule has 0 saturated heterocycles. The molecule has 2 unspecified atom stereocenters. The second-order valence-corrected chi connectivity index (χ2v) is 7.05. The third-order valence-electron chi connectivity index (χ3n) is 4.27. The molecule has 0 aromatic carbocycles. The van der Waals surface area contributed by atoms with Crippen molar-refractivity contribution in [2.24, 2.45) is 10.7 Å². The summed E-state index contributed by atoms with van der Waals surface area (Å²) in [5.41, 5.74) is 2.36. The number of nitrogens with two attached hydrogens (primary N) is 1. The highest BCUT2D eigenvalue weighted by Gasteiger charge is 2.50. The van der Waals surface area contributed by atoms with Gasteiger partial charge in [-0.15, -0.1) is 0 Å². The van der Waals surface area contributed by atoms with E-state index < -0.39 is 59.9 Å². The van der Waals surface area contributed by atoms with Gasteiger partial charge in [0.05, 0.1) is 11.2 Å². The molecule has 1 aliphatic heterocycles. The van der Waals surface area contributed by atoms with Crippen molar-refractivity contribution in [1.82, 2.24) is 14.8 Å². The van der Waals surface area contributed by atoms with Gasteiger partial charge in [0.2, 0.25) is 0 Å². The Balaban J connectivity index is 1.92. The molecule has 1 amide bonds. The fraction of sp³-hybridized carbons (Fsp3) is 0.375. The van der Waals surface area contributed by atoms with Crippen LogP contribution in [0.25, 0.3) is 0 Å². The first-order valence-electron chi connectivity index (χ1n) is 8.40. The van der Waals surface area contributed by atoms with Crippen molar-refractivity contribution in [1.29, 1.82) is 0 Å². The van der Waals surface area contributed by atoms with Crippen molar-refractivity contribution < 1.29 is 35.9 Å². The molecule has 0 radical (unpaired) electrons. The Morgan fingerprint density at radius 1 is 1.42 bits per heavy atom. The number of alkyl halides is 5. The zero-order valence-corrected chi connectivity index (χ0v) is 16.2. The topological polar surface area (TPSA) is 107 Å². The number of amidine groups is 1. The summed E-state index contributed by atoms with van der Waals surface area (Å²) in [6.07, 6.45) is -7.26. The molecular weight excluding hydrogens is 458 g/mol. The lowest BCUT2D eigenvalue weighted by Gasteiger charge is -2.35. The zero-order valence-electron chi connectivity index (χ0n) is 15.4. The van der Waals surface area contributed by atoms with Crippen molar-refractivity contribution in [3.05, 3.63) is 40.6 Å². The molecule has 0 bridgehead atoms. The van der Waals surface area contributed by atoms with E-state index in [0.717, 1.165) is 18.3 Å². The molecule has 3 rings (SSSR count). The Labute approximate surface area is 175 Å². The van der Waals surface area contributed by atoms with E-state index in [0.29, 0.717) is 0 Å². The third kappa shape index (κ3) is 4.68. The normalized spacial score (nSPS) is 21.6. The summed E-state index contributed by atoms with van der Waals surface area (Å²) < 4.78 is 83.8. The SMILES string of the molecule is CC1(c2nc(NC(=O)c3nn(C(F)F)cc3Cl)ccc2F)CC(C(F)(F)F)OC(N)=N1. The predicted molar refractivity (Wildman–Crippen MR) is 95.2 cm³/mol. The first-order valence-corrected chi connectivity index (χ1v) is 8.78. The van der Waals surface area contributed by atoms with Crippen LogP contribution in [0, 0.1) is 5.82 Å². The van der Waals surface area contributed by atoms with Gasteiger partial charge in [-0.05, 0) is 19.1 Å². The minimum Gasteiger partial charge on any atom is -0.452 e. The van der Waals surface area contributed by atoms with Crippen LogP contribution in [0.15, 0.2) is 23.3 Å². The average Bonchev–Trinajstić information content (AvgIpc) is 3.04. The van der Waals surface area contributed by atoms with E-state index in [1.165, 1.54) is 6.92 Å². The number of pyridine rings is 1. The molecule has 31 heavy (non-hydrogen) atoms. The number of halogens is 7. The summed E-state index contributed by atoms with van der Waals surface area (Å²) in [6.45, 7) is -1.88. The highest BCUT2D eigenvalue weighted by molar-refractivity contribution is 6.34. The summed E-state index contributed by atoms with van der Waals surface area (Å²) >= 11 is 5.72. The van der Waals surface area contributed by atoms with E-state index in [1.54, 1.807) is 0 Å². The van der Waals surface area contributed by atoms with Crippen molar-refractivity contribution in [2.45, 2.75) is 37.7 Å². The van der Waals surface area contributed by atoms with Gasteiger partial charge in [0.1, 0.15) is 22.9 Å². The van der Waals surface area contributed by atoms with E-state index in [2.05, 4.69) is 25.1 Å². The number of carbonyl (C=O) groups is 1. The lowest BCUT2D eigenvalue weighted by atomic mass is 9.89. The monoisotopic (exact) mass is 470 g/mol. The minimum absolute atomic E-state index is 0.151. The highest BCUT2D eigenvalue weighted by Crippen LogP contribution is 2.40. The number of hydrogen-bond acceptors (Lipinski definition) is 6. The molecule has 0 saturated carbocycles. The molecule has 8 nitrogen and oxygen atoms in total. The Kier molecular flexibility index (Phi) is 5.78. The van der Waals surface area contributed by atoms with Crippen molar-refractivity contribution in [3.8, 4) is 0 Å². The quantitative estimate of drug-likeness (QED) is 0.664. The number of aromatic nitrogens is 3. The van der Waals surface area contributed by atoms with Crippen LogP contribution < -0.4 is 11.1 Å². The van der Waals surface area contributed by atoms with E-state index in [9.17, 15) is 31.1 Å². The van der Waals surface area contributed by atoms with E-state index in [1.807, 2.05) is 0 Å². The van der Waals surface area contributed by atoms with Gasteiger partial charge >= 0.3 is 12.7 Å². The number of carbonyl (C=O) groups excluding carboxylic acids is 1. The molecule has 0 spiro atoms. The molecule has 2 atom stereocenters. The van der Waals surface area contributed by atoms with Crippen LogP contribution in [-0.4, -0.2) is 39.0 Å². The molecule has 3 N–H and O–H groups in total. The van der Waals surface area contributed by atoms with Crippen LogP contribution in [0.1, 0.15) is 36.1 Å². The Morgan fingerprint density at radius 2 is 2.10 bits per heavy atom. The summed E-state index contributed by atoms with van der Waals surface area (Å²) in [4.78, 5) is 19.9. The molecule has 0 fully saturated rings. The Bertz CT molecular complexity index is 1040. The molecule has 2 aromatic rings. The second kappa shape index (κ2) is 7.90. The summed E-state index contributed by atoms with van der Waals surface area (Å²) in [5.74, 6) is -2.38. The fourth-order valence-corrected chi connectivity index (χ4v) is 3.11. The number of ether oxygens (including phenoxy) is 1. The molecule has 15 heteroatoms. The highest BCUT2D eigenvalue weighted by atomic mass is 35.5. The van der Waals surface area contributed by atoms with Crippen LogP contribution in [-0.2, 0) is 10.3 Å². The molecule has 3 heterocycles. The van der Waals surface area contributed by atoms with Crippen molar-refractivity contribution in [3.63, 3.8) is 0 Å². The molecular formula is C16H13ClF6N6O2. The number of hydrogen-bond donors (Lipinski definition) is 2. The van der Waals surface area contributed by atoms with Gasteiger partial charge in [-0.3, -0.25) is 4.79 Å². The number of nitrogens with one attached hydrogen (secondary N) is 1. The lowest BCUT2D eigenvalue weighted by molar-refractivity contribution is -0.208. The van der Waals surface area contributed by atoms with Gasteiger partial charge in [0.25, 0.3) is 11.9 Å². The first-order chi connectivity index (χ1) is 14.3. The van der Waals surface area contributed by atoms with Crippen LogP contribution in [0.5, 0.6) is 0 Å². The summed E-state index contributed by atoms with van der Waals surface area (Å²) in [7, 11) is 0. The fourth-order valence-electron chi connectivity index (χ4n) is 2.88. The Hall–Kier alpha value is -3.03. The number of aliphatic imine (C=N–C) groups is 1. The van der Waals surface area contributed by atoms with Gasteiger partial charge in [0.15, 0.2) is 11.8 Å². The van der Waals surface area contributed by atoms with E-state index in [-0.39, 0.29) is 15.5 Å². The first kappa shape index (κ1) is 22.7. The van der Waals surface area contributed by atoms with Gasteiger partial charge < -0.3 is 15.8 Å². The Morgan fingerprint density at radius 3 is 2.68 bits per heavy atom. The smallest absolute Gasteiger partial charge is 0.425 e. The van der Waals surface area contributed by atoms with E-state index in [4.69, 9.17) is 17.3 Å². The van der Waals surface area contributed by atoms with Crippen molar-refractivity contribution >= 4 is 29.3 Å². The lowest BCUT2D eigenvalue weighted by Crippen LogP contribution is -2.46. The number of anilines is 1. The molecule has 1 aliphatic rings. The minimum atomic E-state index is -4.80. The molecule has 2 aromatic heterocycles. The van der Waals surface area contributed by atoms with Gasteiger partial charge in [-0.2, -0.15) is 27.1 Å². The largest absolute Gasteiger partial charge is 0.452 e. The predicted octanol–water partition coefficient (Wildman–Crippen LogP) is 3.60. The van der Waals surface area contributed by atoms with Crippen molar-refractivity contribution in [2.75, 3.05) is 5.32 Å². The van der Waals surface area contributed by atoms with Crippen LogP contribution >= 0.6 is 11.6 Å². The maximum absolute atomic E-state index is 14.4. The average molecular weight is 471 g/mol. The van der Waals surface area contributed by atoms with Crippen LogP contribution in [0.3, 0.4) is 0 Å². The molecule has 0 aliphatic carbocycles. The standard InChI is InChI=1S/C16H13ClF6N6O2/c1-15(4-8(16(21,22)23)31-14(24)27-15)11-7(18)2-3-9(25-11)26-12(30)10-6(17)5-29(28-10)13(19)20/h2-3,5,8,13H,4H2,1H3,(H2,24,27)(H,25,26,30). The summed E-state index contributed by atoms with van der Waals surface area (Å²) in [5, 5.41) is 5.12.